The van der Waals surface area contributed by atoms with Crippen LogP contribution in [0.15, 0.2) is 48.5 Å². The van der Waals surface area contributed by atoms with E-state index in [1.165, 1.54) is 11.3 Å². The predicted molar refractivity (Wildman–Crippen MR) is 87.3 cm³/mol. The standard InChI is InChI=1S/C17H19ClN2O/c18-14-5-3-6-16(11-14)21-9-8-20-12-15(19)10-13-4-1-2-7-17(13)20/h1-7,11,15H,8-10,12,19H2. The van der Waals surface area contributed by atoms with Gasteiger partial charge >= 0.3 is 0 Å². The first-order chi connectivity index (χ1) is 10.2. The molecule has 1 aliphatic rings. The molecule has 0 aromatic heterocycles. The zero-order valence-corrected chi connectivity index (χ0v) is 12.6. The lowest BCUT2D eigenvalue weighted by molar-refractivity contribution is 0.321. The predicted octanol–water partition coefficient (Wildman–Crippen LogP) is 3.11. The third kappa shape index (κ3) is 3.49. The van der Waals surface area contributed by atoms with Gasteiger partial charge in [-0.25, -0.2) is 0 Å². The SMILES string of the molecule is NC1Cc2ccccc2N(CCOc2cccc(Cl)c2)C1. The van der Waals surface area contributed by atoms with Gasteiger partial charge in [-0.2, -0.15) is 0 Å². The monoisotopic (exact) mass is 302 g/mol. The van der Waals surface area contributed by atoms with Gasteiger partial charge in [0.25, 0.3) is 0 Å². The van der Waals surface area contributed by atoms with E-state index in [-0.39, 0.29) is 6.04 Å². The minimum absolute atomic E-state index is 0.186. The van der Waals surface area contributed by atoms with Gasteiger partial charge in [-0.15, -0.1) is 0 Å². The van der Waals surface area contributed by atoms with Gasteiger partial charge in [0, 0.05) is 23.3 Å². The van der Waals surface area contributed by atoms with Crippen molar-refractivity contribution in [3.8, 4) is 5.75 Å². The summed E-state index contributed by atoms with van der Waals surface area (Å²) in [5.41, 5.74) is 8.73. The molecule has 0 amide bonds. The van der Waals surface area contributed by atoms with E-state index in [4.69, 9.17) is 22.1 Å². The molecule has 0 spiro atoms. The molecule has 1 aliphatic heterocycles. The Morgan fingerprint density at radius 3 is 2.90 bits per heavy atom. The summed E-state index contributed by atoms with van der Waals surface area (Å²) in [4.78, 5) is 2.30. The first-order valence-corrected chi connectivity index (χ1v) is 7.57. The van der Waals surface area contributed by atoms with Crippen molar-refractivity contribution < 1.29 is 4.74 Å². The van der Waals surface area contributed by atoms with Gasteiger partial charge < -0.3 is 15.4 Å². The van der Waals surface area contributed by atoms with Crippen LogP contribution in [-0.4, -0.2) is 25.7 Å². The van der Waals surface area contributed by atoms with Crippen LogP contribution in [0.25, 0.3) is 0 Å². The Balaban J connectivity index is 1.63. The Labute approximate surface area is 130 Å². The third-order valence-electron chi connectivity index (χ3n) is 3.70. The van der Waals surface area contributed by atoms with Crippen molar-refractivity contribution in [1.82, 2.24) is 0 Å². The Bertz CT molecular complexity index is 617. The Morgan fingerprint density at radius 1 is 1.19 bits per heavy atom. The highest BCUT2D eigenvalue weighted by Gasteiger charge is 2.21. The highest BCUT2D eigenvalue weighted by Crippen LogP contribution is 2.26. The first kappa shape index (κ1) is 14.2. The number of nitrogens with zero attached hydrogens (tertiary/aromatic N) is 1. The Hall–Kier alpha value is -1.71. The first-order valence-electron chi connectivity index (χ1n) is 7.19. The highest BCUT2D eigenvalue weighted by atomic mass is 35.5. The lowest BCUT2D eigenvalue weighted by Crippen LogP contribution is -2.44. The molecular weight excluding hydrogens is 284 g/mol. The van der Waals surface area contributed by atoms with Crippen molar-refractivity contribution in [2.45, 2.75) is 12.5 Å². The summed E-state index contributed by atoms with van der Waals surface area (Å²) in [7, 11) is 0. The lowest BCUT2D eigenvalue weighted by Gasteiger charge is -2.34. The van der Waals surface area contributed by atoms with Crippen LogP contribution >= 0.6 is 11.6 Å². The van der Waals surface area contributed by atoms with Crippen molar-refractivity contribution in [3.05, 3.63) is 59.1 Å². The molecule has 3 nitrogen and oxygen atoms in total. The number of ether oxygens (including phenoxy) is 1. The van der Waals surface area contributed by atoms with Crippen molar-refractivity contribution >= 4 is 17.3 Å². The van der Waals surface area contributed by atoms with Crippen LogP contribution in [0.3, 0.4) is 0 Å². The van der Waals surface area contributed by atoms with Crippen molar-refractivity contribution in [2.24, 2.45) is 5.73 Å². The Morgan fingerprint density at radius 2 is 2.05 bits per heavy atom. The summed E-state index contributed by atoms with van der Waals surface area (Å²) in [5, 5.41) is 0.692. The van der Waals surface area contributed by atoms with E-state index >= 15 is 0 Å². The minimum Gasteiger partial charge on any atom is -0.492 e. The molecule has 2 N–H and O–H groups in total. The van der Waals surface area contributed by atoms with Gasteiger partial charge in [0.1, 0.15) is 12.4 Å². The van der Waals surface area contributed by atoms with Crippen LogP contribution in [-0.2, 0) is 6.42 Å². The molecule has 0 radical (unpaired) electrons. The number of rotatable bonds is 4. The summed E-state index contributed by atoms with van der Waals surface area (Å²) in [6.45, 7) is 2.30. The number of hydrogen-bond acceptors (Lipinski definition) is 3. The van der Waals surface area contributed by atoms with Crippen molar-refractivity contribution in [2.75, 3.05) is 24.6 Å². The second-order valence-corrected chi connectivity index (χ2v) is 5.78. The summed E-state index contributed by atoms with van der Waals surface area (Å²) < 4.78 is 5.77. The summed E-state index contributed by atoms with van der Waals surface area (Å²) >= 11 is 5.95. The summed E-state index contributed by atoms with van der Waals surface area (Å²) in [5.74, 6) is 0.803. The van der Waals surface area contributed by atoms with Gasteiger partial charge in [-0.1, -0.05) is 35.9 Å². The van der Waals surface area contributed by atoms with Crippen LogP contribution in [0.2, 0.25) is 5.02 Å². The zero-order valence-electron chi connectivity index (χ0n) is 11.8. The molecule has 0 saturated heterocycles. The molecule has 3 rings (SSSR count). The Kier molecular flexibility index (Phi) is 4.32. The molecule has 2 aromatic carbocycles. The van der Waals surface area contributed by atoms with Crippen molar-refractivity contribution in [3.63, 3.8) is 0 Å². The molecule has 1 atom stereocenters. The van der Waals surface area contributed by atoms with Crippen molar-refractivity contribution in [1.29, 1.82) is 0 Å². The van der Waals surface area contributed by atoms with E-state index in [2.05, 4.69) is 29.2 Å². The molecule has 2 aromatic rings. The fourth-order valence-corrected chi connectivity index (χ4v) is 2.94. The number of fused-ring (bicyclic) bond motifs is 1. The average molecular weight is 303 g/mol. The number of hydrogen-bond donors (Lipinski definition) is 1. The maximum absolute atomic E-state index is 6.14. The maximum atomic E-state index is 6.14. The second kappa shape index (κ2) is 6.37. The van der Waals surface area contributed by atoms with Gasteiger partial charge in [0.15, 0.2) is 0 Å². The van der Waals surface area contributed by atoms with Crippen LogP contribution in [0.1, 0.15) is 5.56 Å². The lowest BCUT2D eigenvalue weighted by atomic mass is 9.98. The largest absolute Gasteiger partial charge is 0.492 e. The fourth-order valence-electron chi connectivity index (χ4n) is 2.76. The van der Waals surface area contributed by atoms with Gasteiger partial charge in [0.2, 0.25) is 0 Å². The van der Waals surface area contributed by atoms with E-state index < -0.39 is 0 Å². The van der Waals surface area contributed by atoms with Crippen LogP contribution in [0, 0.1) is 0 Å². The highest BCUT2D eigenvalue weighted by molar-refractivity contribution is 6.30. The molecule has 1 unspecified atom stereocenters. The molecule has 110 valence electrons. The average Bonchev–Trinajstić information content (AvgIpc) is 2.47. The van der Waals surface area contributed by atoms with E-state index in [1.807, 2.05) is 24.3 Å². The zero-order chi connectivity index (χ0) is 14.7. The van der Waals surface area contributed by atoms with Crippen LogP contribution in [0.5, 0.6) is 5.75 Å². The van der Waals surface area contributed by atoms with E-state index in [0.717, 1.165) is 25.3 Å². The van der Waals surface area contributed by atoms with E-state index in [9.17, 15) is 0 Å². The number of nitrogens with two attached hydrogens (primary N) is 1. The molecule has 0 fully saturated rings. The quantitative estimate of drug-likeness (QED) is 0.943. The normalized spacial score (nSPS) is 17.4. The third-order valence-corrected chi connectivity index (χ3v) is 3.93. The molecular formula is C17H19ClN2O. The van der Waals surface area contributed by atoms with Crippen LogP contribution < -0.4 is 15.4 Å². The molecule has 4 heteroatoms. The molecule has 0 saturated carbocycles. The molecule has 0 bridgehead atoms. The number of benzene rings is 2. The molecule has 1 heterocycles. The van der Waals surface area contributed by atoms with E-state index in [1.54, 1.807) is 0 Å². The van der Waals surface area contributed by atoms with Gasteiger partial charge in [0.05, 0.1) is 6.54 Å². The molecule has 21 heavy (non-hydrogen) atoms. The smallest absolute Gasteiger partial charge is 0.120 e. The number of para-hydroxylation sites is 1. The summed E-state index contributed by atoms with van der Waals surface area (Å²) in [6, 6.07) is 16.1. The fraction of sp³-hybridized carbons (Fsp3) is 0.294. The van der Waals surface area contributed by atoms with E-state index in [0.29, 0.717) is 11.6 Å². The molecule has 0 aliphatic carbocycles. The minimum atomic E-state index is 0.186. The van der Waals surface area contributed by atoms with Crippen LogP contribution in [0.4, 0.5) is 5.69 Å². The topological polar surface area (TPSA) is 38.5 Å². The summed E-state index contributed by atoms with van der Waals surface area (Å²) in [6.07, 6.45) is 0.946. The second-order valence-electron chi connectivity index (χ2n) is 5.34. The maximum Gasteiger partial charge on any atom is 0.120 e. The van der Waals surface area contributed by atoms with Gasteiger partial charge in [-0.3, -0.25) is 0 Å². The van der Waals surface area contributed by atoms with Gasteiger partial charge in [-0.05, 0) is 36.2 Å². The number of halogens is 1. The number of anilines is 1.